The normalized spacial score (nSPS) is 11.8. The predicted octanol–water partition coefficient (Wildman–Crippen LogP) is 5.56. The fourth-order valence-corrected chi connectivity index (χ4v) is 4.66. The highest BCUT2D eigenvalue weighted by molar-refractivity contribution is 7.21. The minimum absolute atomic E-state index is 0.0324. The predicted molar refractivity (Wildman–Crippen MR) is 151 cm³/mol. The van der Waals surface area contributed by atoms with E-state index < -0.39 is 0 Å². The van der Waals surface area contributed by atoms with Crippen molar-refractivity contribution in [1.29, 1.82) is 0 Å². The van der Waals surface area contributed by atoms with Gasteiger partial charge in [0.2, 0.25) is 5.88 Å². The van der Waals surface area contributed by atoms with Crippen LogP contribution < -0.4 is 15.4 Å². The molecule has 8 nitrogen and oxygen atoms in total. The molecule has 38 heavy (non-hydrogen) atoms. The van der Waals surface area contributed by atoms with E-state index in [0.29, 0.717) is 30.6 Å². The van der Waals surface area contributed by atoms with Gasteiger partial charge in [-0.15, -0.1) is 11.3 Å². The molecule has 2 aromatic carbocycles. The zero-order chi connectivity index (χ0) is 26.9. The number of rotatable bonds is 12. The van der Waals surface area contributed by atoms with Gasteiger partial charge in [0.15, 0.2) is 0 Å². The number of pyridine rings is 1. The van der Waals surface area contributed by atoms with E-state index in [1.54, 1.807) is 36.6 Å². The first-order valence-corrected chi connectivity index (χ1v) is 13.5. The SMILES string of the molecule is CCOC(=O)CCNC(=O)c1ccc(N[C@H](COc2ccc(-c3nc4ccccc4s3)cn2)C(C)C)cc1. The van der Waals surface area contributed by atoms with Crippen molar-refractivity contribution >= 4 is 39.1 Å². The van der Waals surface area contributed by atoms with Gasteiger partial charge in [-0.1, -0.05) is 26.0 Å². The molecule has 198 valence electrons. The monoisotopic (exact) mass is 532 g/mol. The molecule has 2 N–H and O–H groups in total. The van der Waals surface area contributed by atoms with Gasteiger partial charge in [0, 0.05) is 35.6 Å². The number of hydrogen-bond donors (Lipinski definition) is 2. The summed E-state index contributed by atoms with van der Waals surface area (Å²) in [5, 5.41) is 7.15. The van der Waals surface area contributed by atoms with Gasteiger partial charge in [0.05, 0.1) is 29.3 Å². The van der Waals surface area contributed by atoms with Gasteiger partial charge < -0.3 is 20.1 Å². The number of aromatic nitrogens is 2. The van der Waals surface area contributed by atoms with Crippen LogP contribution in [0.25, 0.3) is 20.8 Å². The number of carbonyl (C=O) groups excluding carboxylic acids is 2. The Morgan fingerprint density at radius 1 is 1.03 bits per heavy atom. The van der Waals surface area contributed by atoms with Crippen molar-refractivity contribution in [3.05, 3.63) is 72.4 Å². The maximum Gasteiger partial charge on any atom is 0.307 e. The summed E-state index contributed by atoms with van der Waals surface area (Å²) in [5.41, 5.74) is 3.35. The fourth-order valence-electron chi connectivity index (χ4n) is 3.71. The number of ether oxygens (including phenoxy) is 2. The first-order valence-electron chi connectivity index (χ1n) is 12.7. The van der Waals surface area contributed by atoms with Crippen molar-refractivity contribution in [2.75, 3.05) is 25.1 Å². The lowest BCUT2D eigenvalue weighted by atomic mass is 10.0. The molecular formula is C29H32N4O4S. The van der Waals surface area contributed by atoms with Crippen LogP contribution in [0.3, 0.4) is 0 Å². The van der Waals surface area contributed by atoms with E-state index in [1.807, 2.05) is 42.5 Å². The van der Waals surface area contributed by atoms with Crippen molar-refractivity contribution in [1.82, 2.24) is 15.3 Å². The minimum atomic E-state index is -0.325. The zero-order valence-corrected chi connectivity index (χ0v) is 22.6. The summed E-state index contributed by atoms with van der Waals surface area (Å²) in [4.78, 5) is 32.9. The number of anilines is 1. The molecule has 0 aliphatic heterocycles. The summed E-state index contributed by atoms with van der Waals surface area (Å²) in [6.07, 6.45) is 1.94. The maximum absolute atomic E-state index is 12.3. The Labute approximate surface area is 226 Å². The molecule has 0 aliphatic carbocycles. The smallest absolute Gasteiger partial charge is 0.307 e. The van der Waals surface area contributed by atoms with Crippen molar-refractivity contribution < 1.29 is 19.1 Å². The highest BCUT2D eigenvalue weighted by Gasteiger charge is 2.16. The molecule has 0 fully saturated rings. The standard InChI is InChI=1S/C29H32N4O4S/c1-4-36-27(34)15-16-30-28(35)20-9-12-22(13-10-20)32-24(19(2)3)18-37-26-14-11-21(17-31-26)29-33-23-7-5-6-8-25(23)38-29/h5-14,17,19,24,32H,4,15-16,18H2,1-3H3,(H,30,35)/t24-/m1/s1. The molecule has 2 heterocycles. The molecule has 1 amide bonds. The van der Waals surface area contributed by atoms with Crippen molar-refractivity contribution in [3.8, 4) is 16.5 Å². The summed E-state index contributed by atoms with van der Waals surface area (Å²) in [7, 11) is 0. The highest BCUT2D eigenvalue weighted by Crippen LogP contribution is 2.30. The van der Waals surface area contributed by atoms with Crippen LogP contribution in [0.2, 0.25) is 0 Å². The molecule has 0 saturated heterocycles. The fraction of sp³-hybridized carbons (Fsp3) is 0.310. The lowest BCUT2D eigenvalue weighted by Crippen LogP contribution is -2.32. The first kappa shape index (κ1) is 27.1. The van der Waals surface area contributed by atoms with E-state index in [0.717, 1.165) is 26.5 Å². The number of benzene rings is 2. The maximum atomic E-state index is 12.3. The van der Waals surface area contributed by atoms with E-state index >= 15 is 0 Å². The molecule has 0 saturated carbocycles. The van der Waals surface area contributed by atoms with Crippen LogP contribution in [0.1, 0.15) is 37.6 Å². The second-order valence-electron chi connectivity index (χ2n) is 9.07. The summed E-state index contributed by atoms with van der Waals surface area (Å²) in [5.74, 6) is 0.290. The van der Waals surface area contributed by atoms with E-state index in [9.17, 15) is 9.59 Å². The van der Waals surface area contributed by atoms with Crippen molar-refractivity contribution in [3.63, 3.8) is 0 Å². The van der Waals surface area contributed by atoms with Gasteiger partial charge in [-0.2, -0.15) is 0 Å². The van der Waals surface area contributed by atoms with Crippen LogP contribution in [-0.4, -0.2) is 47.6 Å². The number of esters is 1. The summed E-state index contributed by atoms with van der Waals surface area (Å²) >= 11 is 1.64. The lowest BCUT2D eigenvalue weighted by Gasteiger charge is -2.23. The quantitative estimate of drug-likeness (QED) is 0.230. The molecule has 0 radical (unpaired) electrons. The molecule has 0 spiro atoms. The van der Waals surface area contributed by atoms with E-state index in [-0.39, 0.29) is 30.9 Å². The number of fused-ring (bicyclic) bond motifs is 1. The van der Waals surface area contributed by atoms with Gasteiger partial charge in [-0.05, 0) is 55.3 Å². The lowest BCUT2D eigenvalue weighted by molar-refractivity contribution is -0.142. The van der Waals surface area contributed by atoms with Crippen LogP contribution in [0.15, 0.2) is 66.9 Å². The van der Waals surface area contributed by atoms with E-state index in [2.05, 4.69) is 40.5 Å². The zero-order valence-electron chi connectivity index (χ0n) is 21.8. The van der Waals surface area contributed by atoms with Crippen molar-refractivity contribution in [2.45, 2.75) is 33.2 Å². The third kappa shape index (κ3) is 7.29. The molecule has 9 heteroatoms. The third-order valence-electron chi connectivity index (χ3n) is 5.91. The number of thiazole rings is 1. The van der Waals surface area contributed by atoms with Crippen LogP contribution in [0.5, 0.6) is 5.88 Å². The average molecular weight is 533 g/mol. The van der Waals surface area contributed by atoms with Gasteiger partial charge in [-0.3, -0.25) is 9.59 Å². The van der Waals surface area contributed by atoms with Gasteiger partial charge in [-0.25, -0.2) is 9.97 Å². The van der Waals surface area contributed by atoms with Crippen LogP contribution >= 0.6 is 11.3 Å². The molecular weight excluding hydrogens is 500 g/mol. The second kappa shape index (κ2) is 13.0. The van der Waals surface area contributed by atoms with Gasteiger partial charge >= 0.3 is 5.97 Å². The van der Waals surface area contributed by atoms with Gasteiger partial charge in [0.1, 0.15) is 11.6 Å². The summed E-state index contributed by atoms with van der Waals surface area (Å²) in [6.45, 7) is 6.99. The number of amides is 1. The Hall–Kier alpha value is -3.98. The Morgan fingerprint density at radius 2 is 1.82 bits per heavy atom. The van der Waals surface area contributed by atoms with E-state index in [4.69, 9.17) is 9.47 Å². The average Bonchev–Trinajstić information content (AvgIpc) is 3.36. The largest absolute Gasteiger partial charge is 0.475 e. The molecule has 0 aliphatic rings. The Morgan fingerprint density at radius 3 is 2.50 bits per heavy atom. The van der Waals surface area contributed by atoms with Crippen LogP contribution in [0.4, 0.5) is 5.69 Å². The van der Waals surface area contributed by atoms with Crippen LogP contribution in [-0.2, 0) is 9.53 Å². The molecule has 4 aromatic rings. The molecule has 0 bridgehead atoms. The summed E-state index contributed by atoms with van der Waals surface area (Å²) in [6, 6.07) is 19.2. The molecule has 2 aromatic heterocycles. The number of para-hydroxylation sites is 1. The Bertz CT molecular complexity index is 1320. The molecule has 1 atom stereocenters. The highest BCUT2D eigenvalue weighted by atomic mass is 32.1. The van der Waals surface area contributed by atoms with E-state index in [1.165, 1.54) is 0 Å². The Balaban J connectivity index is 1.29. The Kier molecular flexibility index (Phi) is 9.26. The molecule has 4 rings (SSSR count). The minimum Gasteiger partial charge on any atom is -0.475 e. The second-order valence-corrected chi connectivity index (χ2v) is 10.1. The molecule has 0 unspecified atom stereocenters. The number of nitrogens with one attached hydrogen (secondary N) is 2. The number of carbonyl (C=O) groups is 2. The summed E-state index contributed by atoms with van der Waals surface area (Å²) < 4.78 is 12.0. The topological polar surface area (TPSA) is 102 Å². The van der Waals surface area contributed by atoms with Gasteiger partial charge in [0.25, 0.3) is 5.91 Å². The number of nitrogens with zero attached hydrogens (tertiary/aromatic N) is 2. The first-order chi connectivity index (χ1) is 18.4. The number of hydrogen-bond acceptors (Lipinski definition) is 8. The third-order valence-corrected chi connectivity index (χ3v) is 7.00. The van der Waals surface area contributed by atoms with Crippen LogP contribution in [0, 0.1) is 5.92 Å². The van der Waals surface area contributed by atoms with Crippen molar-refractivity contribution in [2.24, 2.45) is 5.92 Å².